The quantitative estimate of drug-likeness (QED) is 0.354. The summed E-state index contributed by atoms with van der Waals surface area (Å²) in [5.41, 5.74) is 2.85. The van der Waals surface area contributed by atoms with Crippen LogP contribution < -0.4 is 10.0 Å². The van der Waals surface area contributed by atoms with Crippen LogP contribution in [-0.2, 0) is 21.4 Å². The lowest BCUT2D eigenvalue weighted by Crippen LogP contribution is -2.41. The molecule has 6 nitrogen and oxygen atoms in total. The minimum absolute atomic E-state index is 0.125. The van der Waals surface area contributed by atoms with Crippen LogP contribution in [0.5, 0.6) is 0 Å². The van der Waals surface area contributed by atoms with E-state index in [0.29, 0.717) is 5.69 Å². The molecule has 1 atom stereocenters. The molecule has 0 bridgehead atoms. The highest BCUT2D eigenvalue weighted by Gasteiger charge is 2.22. The van der Waals surface area contributed by atoms with Gasteiger partial charge in [-0.3, -0.25) is 4.79 Å². The van der Waals surface area contributed by atoms with E-state index in [0.717, 1.165) is 39.1 Å². The lowest BCUT2D eigenvalue weighted by Gasteiger charge is -2.15. The van der Waals surface area contributed by atoms with E-state index in [4.69, 9.17) is 0 Å². The number of aryl methyl sites for hydroxylation is 1. The van der Waals surface area contributed by atoms with E-state index in [1.165, 1.54) is 6.92 Å². The molecule has 0 saturated heterocycles. The molecule has 0 aliphatic carbocycles. The lowest BCUT2D eigenvalue weighted by atomic mass is 10.1. The zero-order chi connectivity index (χ0) is 23.9. The summed E-state index contributed by atoms with van der Waals surface area (Å²) in [7, 11) is -3.87. The van der Waals surface area contributed by atoms with Crippen LogP contribution in [0.15, 0.2) is 89.8 Å². The molecular weight excluding hydrogens is 446 g/mol. The zero-order valence-electron chi connectivity index (χ0n) is 18.9. The van der Waals surface area contributed by atoms with Gasteiger partial charge in [0.15, 0.2) is 0 Å². The molecule has 0 aliphatic heterocycles. The number of hydrogen-bond acceptors (Lipinski definition) is 3. The topological polar surface area (TPSA) is 80.2 Å². The third kappa shape index (κ3) is 3.93. The van der Waals surface area contributed by atoms with Crippen molar-refractivity contribution in [2.45, 2.75) is 31.3 Å². The molecule has 172 valence electrons. The Morgan fingerprint density at radius 2 is 1.56 bits per heavy atom. The van der Waals surface area contributed by atoms with Crippen molar-refractivity contribution in [3.05, 3.63) is 84.9 Å². The Balaban J connectivity index is 1.37. The van der Waals surface area contributed by atoms with Crippen LogP contribution in [0, 0.1) is 0 Å². The summed E-state index contributed by atoms with van der Waals surface area (Å²) in [5.74, 6) is -0.428. The summed E-state index contributed by atoms with van der Waals surface area (Å²) >= 11 is 0. The molecule has 0 radical (unpaired) electrons. The summed E-state index contributed by atoms with van der Waals surface area (Å²) in [6.07, 6.45) is 0. The maximum absolute atomic E-state index is 12.9. The van der Waals surface area contributed by atoms with Crippen LogP contribution in [0.1, 0.15) is 13.8 Å². The number of fused-ring (bicyclic) bond motifs is 4. The van der Waals surface area contributed by atoms with Gasteiger partial charge in [-0.05, 0) is 61.0 Å². The fourth-order valence-corrected chi connectivity index (χ4v) is 5.65. The van der Waals surface area contributed by atoms with Crippen LogP contribution in [0.4, 0.5) is 5.69 Å². The average molecular weight is 472 g/mol. The van der Waals surface area contributed by atoms with E-state index < -0.39 is 22.0 Å². The molecule has 2 N–H and O–H groups in total. The molecule has 0 fully saturated rings. The number of para-hydroxylation sites is 1. The fourth-order valence-electron chi connectivity index (χ4n) is 4.41. The molecular formula is C27H25N3O3S. The van der Waals surface area contributed by atoms with Crippen molar-refractivity contribution < 1.29 is 13.2 Å². The number of benzene rings is 4. The van der Waals surface area contributed by atoms with Crippen LogP contribution in [0.3, 0.4) is 0 Å². The van der Waals surface area contributed by atoms with Gasteiger partial charge in [0.05, 0.1) is 10.9 Å². The minimum atomic E-state index is -3.87. The molecule has 7 heteroatoms. The molecule has 0 unspecified atom stereocenters. The second-order valence-electron chi connectivity index (χ2n) is 8.33. The highest BCUT2D eigenvalue weighted by atomic mass is 32.2. The summed E-state index contributed by atoms with van der Waals surface area (Å²) in [4.78, 5) is 13.0. The molecule has 0 spiro atoms. The van der Waals surface area contributed by atoms with Gasteiger partial charge >= 0.3 is 0 Å². The van der Waals surface area contributed by atoms with Crippen LogP contribution in [0.2, 0.25) is 0 Å². The Labute approximate surface area is 198 Å². The van der Waals surface area contributed by atoms with Gasteiger partial charge in [0.1, 0.15) is 0 Å². The van der Waals surface area contributed by atoms with E-state index in [-0.39, 0.29) is 4.90 Å². The standard InChI is InChI=1S/C27H25N3O3S/c1-3-30-25-11-7-6-10-23(25)24-17-21(13-15-26(24)30)28-27(31)18(2)29-34(32,33)22-14-12-19-8-4-5-9-20(19)16-22/h4-18,29H,3H2,1-2H3,(H,28,31)/t18-/m1/s1. The number of nitrogens with one attached hydrogen (secondary N) is 2. The van der Waals surface area contributed by atoms with E-state index in [2.05, 4.69) is 33.7 Å². The first-order valence-electron chi connectivity index (χ1n) is 11.2. The van der Waals surface area contributed by atoms with E-state index in [1.807, 2.05) is 54.6 Å². The van der Waals surface area contributed by atoms with Gasteiger partial charge in [-0.25, -0.2) is 8.42 Å². The molecule has 0 aliphatic rings. The largest absolute Gasteiger partial charge is 0.341 e. The summed E-state index contributed by atoms with van der Waals surface area (Å²) < 4.78 is 30.5. The number of sulfonamides is 1. The molecule has 4 aromatic carbocycles. The predicted octanol–water partition coefficient (Wildman–Crippen LogP) is 5.27. The van der Waals surface area contributed by atoms with Gasteiger partial charge in [0.25, 0.3) is 0 Å². The Kier molecular flexibility index (Phi) is 5.59. The Morgan fingerprint density at radius 3 is 2.35 bits per heavy atom. The number of hydrogen-bond donors (Lipinski definition) is 2. The van der Waals surface area contributed by atoms with Crippen molar-refractivity contribution in [3.8, 4) is 0 Å². The number of carbonyl (C=O) groups is 1. The smallest absolute Gasteiger partial charge is 0.242 e. The van der Waals surface area contributed by atoms with Gasteiger partial charge in [0, 0.05) is 34.0 Å². The van der Waals surface area contributed by atoms with Crippen LogP contribution in [0.25, 0.3) is 32.6 Å². The predicted molar refractivity (Wildman–Crippen MR) is 137 cm³/mol. The van der Waals surface area contributed by atoms with Crippen LogP contribution >= 0.6 is 0 Å². The van der Waals surface area contributed by atoms with Crippen molar-refractivity contribution in [2.75, 3.05) is 5.32 Å². The number of anilines is 1. The molecule has 5 aromatic rings. The fraction of sp³-hybridized carbons (Fsp3) is 0.148. The zero-order valence-corrected chi connectivity index (χ0v) is 19.8. The van der Waals surface area contributed by atoms with Crippen molar-refractivity contribution in [3.63, 3.8) is 0 Å². The summed E-state index contributed by atoms with van der Waals surface area (Å²) in [5, 5.41) is 6.78. The number of rotatable bonds is 6. The third-order valence-corrected chi connectivity index (χ3v) is 7.65. The van der Waals surface area contributed by atoms with Gasteiger partial charge in [-0.1, -0.05) is 48.5 Å². The molecule has 1 amide bonds. The van der Waals surface area contributed by atoms with Crippen molar-refractivity contribution in [1.82, 2.24) is 9.29 Å². The summed E-state index contributed by atoms with van der Waals surface area (Å²) in [6.45, 7) is 4.48. The summed E-state index contributed by atoms with van der Waals surface area (Å²) in [6, 6.07) is 25.4. The van der Waals surface area contributed by atoms with Crippen molar-refractivity contribution >= 4 is 54.2 Å². The van der Waals surface area contributed by atoms with Crippen molar-refractivity contribution in [2.24, 2.45) is 0 Å². The monoisotopic (exact) mass is 471 g/mol. The average Bonchev–Trinajstić information content (AvgIpc) is 3.16. The van der Waals surface area contributed by atoms with E-state index in [1.54, 1.807) is 18.2 Å². The maximum atomic E-state index is 12.9. The van der Waals surface area contributed by atoms with Gasteiger partial charge in [-0.15, -0.1) is 0 Å². The molecule has 1 heterocycles. The van der Waals surface area contributed by atoms with E-state index >= 15 is 0 Å². The van der Waals surface area contributed by atoms with Crippen LogP contribution in [-0.4, -0.2) is 24.9 Å². The second kappa shape index (κ2) is 8.59. The number of aromatic nitrogens is 1. The van der Waals surface area contributed by atoms with Gasteiger partial charge < -0.3 is 9.88 Å². The van der Waals surface area contributed by atoms with Crippen molar-refractivity contribution in [1.29, 1.82) is 0 Å². The first kappa shape index (κ1) is 22.1. The molecule has 1 aromatic heterocycles. The minimum Gasteiger partial charge on any atom is -0.341 e. The number of carbonyl (C=O) groups excluding carboxylic acids is 1. The molecule has 34 heavy (non-hydrogen) atoms. The molecule has 5 rings (SSSR count). The van der Waals surface area contributed by atoms with Gasteiger partial charge in [-0.2, -0.15) is 4.72 Å². The Bertz CT molecular complexity index is 1650. The maximum Gasteiger partial charge on any atom is 0.242 e. The van der Waals surface area contributed by atoms with Gasteiger partial charge in [0.2, 0.25) is 15.9 Å². The Hall–Kier alpha value is -3.68. The van der Waals surface area contributed by atoms with E-state index in [9.17, 15) is 13.2 Å². The molecule has 0 saturated carbocycles. The number of nitrogens with zero attached hydrogens (tertiary/aromatic N) is 1. The normalized spacial score (nSPS) is 12.9. The lowest BCUT2D eigenvalue weighted by molar-refractivity contribution is -0.117. The highest BCUT2D eigenvalue weighted by molar-refractivity contribution is 7.89. The Morgan fingerprint density at radius 1 is 0.853 bits per heavy atom. The first-order valence-corrected chi connectivity index (χ1v) is 12.7. The third-order valence-electron chi connectivity index (χ3n) is 6.11. The SMILES string of the molecule is CCn1c2ccccc2c2cc(NC(=O)[C@@H](C)NS(=O)(=O)c3ccc4ccccc4c3)ccc21. The first-order chi connectivity index (χ1) is 16.4. The number of amides is 1. The second-order valence-corrected chi connectivity index (χ2v) is 10.0. The highest BCUT2D eigenvalue weighted by Crippen LogP contribution is 2.31.